The van der Waals surface area contributed by atoms with E-state index in [0.29, 0.717) is 13.2 Å². The van der Waals surface area contributed by atoms with Crippen LogP contribution in [-0.2, 0) is 9.53 Å². The molecule has 110 valence electrons. The van der Waals surface area contributed by atoms with Gasteiger partial charge >= 0.3 is 12.0 Å². The van der Waals surface area contributed by atoms with Gasteiger partial charge in [-0.05, 0) is 25.2 Å². The summed E-state index contributed by atoms with van der Waals surface area (Å²) in [5.74, 6) is -1.04. The van der Waals surface area contributed by atoms with Crippen molar-refractivity contribution in [2.45, 2.75) is 52.2 Å². The Morgan fingerprint density at radius 3 is 2.47 bits per heavy atom. The van der Waals surface area contributed by atoms with Crippen molar-refractivity contribution in [3.8, 4) is 0 Å². The Bertz CT molecular complexity index is 343. The molecule has 0 aromatic carbocycles. The maximum atomic E-state index is 11.8. The molecule has 1 fully saturated rings. The molecule has 2 amide bonds. The standard InChI is InChI=1S/C13H24N2O4/c1-12(2,3)9(10(16)17)15-11(18)14-8-13(4)6-5-7-19-13/h9H,5-8H2,1-4H3,(H,16,17)(H2,14,15,18)/t9-,13?/m1/s1. The van der Waals surface area contributed by atoms with E-state index in [4.69, 9.17) is 9.84 Å². The lowest BCUT2D eigenvalue weighted by Gasteiger charge is -2.29. The fourth-order valence-electron chi connectivity index (χ4n) is 2.07. The van der Waals surface area contributed by atoms with Crippen molar-refractivity contribution in [3.05, 3.63) is 0 Å². The number of urea groups is 1. The van der Waals surface area contributed by atoms with Crippen molar-refractivity contribution in [3.63, 3.8) is 0 Å². The molecule has 1 unspecified atom stereocenters. The van der Waals surface area contributed by atoms with Crippen molar-refractivity contribution < 1.29 is 19.4 Å². The summed E-state index contributed by atoms with van der Waals surface area (Å²) in [6.45, 7) is 8.35. The molecular weight excluding hydrogens is 248 g/mol. The zero-order valence-corrected chi connectivity index (χ0v) is 12.1. The lowest BCUT2D eigenvalue weighted by molar-refractivity contribution is -0.141. The van der Waals surface area contributed by atoms with Crippen molar-refractivity contribution in [1.29, 1.82) is 0 Å². The second-order valence-electron chi connectivity index (χ2n) is 6.37. The molecule has 0 aliphatic carbocycles. The average Bonchev–Trinajstić information content (AvgIpc) is 2.69. The highest BCUT2D eigenvalue weighted by Crippen LogP contribution is 2.24. The first-order valence-electron chi connectivity index (χ1n) is 6.55. The minimum atomic E-state index is -1.04. The van der Waals surface area contributed by atoms with Gasteiger partial charge in [-0.25, -0.2) is 9.59 Å². The molecule has 1 rings (SSSR count). The third-order valence-electron chi connectivity index (χ3n) is 3.31. The van der Waals surface area contributed by atoms with Crippen LogP contribution in [0.3, 0.4) is 0 Å². The molecule has 19 heavy (non-hydrogen) atoms. The Balaban J connectivity index is 2.47. The normalized spacial score (nSPS) is 24.8. The molecule has 0 bridgehead atoms. The van der Waals surface area contributed by atoms with Crippen LogP contribution < -0.4 is 10.6 Å². The predicted molar refractivity (Wildman–Crippen MR) is 71.0 cm³/mol. The van der Waals surface area contributed by atoms with Gasteiger partial charge in [-0.1, -0.05) is 20.8 Å². The molecule has 1 heterocycles. The van der Waals surface area contributed by atoms with Gasteiger partial charge in [0.05, 0.1) is 5.60 Å². The Morgan fingerprint density at radius 2 is 2.05 bits per heavy atom. The van der Waals surface area contributed by atoms with Gasteiger partial charge in [0.2, 0.25) is 0 Å². The summed E-state index contributed by atoms with van der Waals surface area (Å²) < 4.78 is 5.55. The lowest BCUT2D eigenvalue weighted by atomic mass is 9.87. The van der Waals surface area contributed by atoms with E-state index in [0.717, 1.165) is 12.8 Å². The van der Waals surface area contributed by atoms with E-state index in [2.05, 4.69) is 10.6 Å². The summed E-state index contributed by atoms with van der Waals surface area (Å²) in [5.41, 5.74) is -0.880. The molecule has 1 aliphatic rings. The van der Waals surface area contributed by atoms with Crippen LogP contribution >= 0.6 is 0 Å². The van der Waals surface area contributed by atoms with Crippen molar-refractivity contribution in [1.82, 2.24) is 10.6 Å². The van der Waals surface area contributed by atoms with Crippen molar-refractivity contribution >= 4 is 12.0 Å². The number of hydrogen-bond donors (Lipinski definition) is 3. The van der Waals surface area contributed by atoms with Gasteiger partial charge in [0.15, 0.2) is 0 Å². The predicted octanol–water partition coefficient (Wildman–Crippen LogP) is 1.35. The summed E-state index contributed by atoms with van der Waals surface area (Å²) in [4.78, 5) is 22.9. The molecule has 2 atom stereocenters. The second-order valence-corrected chi connectivity index (χ2v) is 6.37. The fraction of sp³-hybridized carbons (Fsp3) is 0.846. The third kappa shape index (κ3) is 4.70. The van der Waals surface area contributed by atoms with Crippen LogP contribution in [0, 0.1) is 5.41 Å². The fourth-order valence-corrected chi connectivity index (χ4v) is 2.07. The van der Waals surface area contributed by atoms with Gasteiger partial charge in [0, 0.05) is 13.2 Å². The van der Waals surface area contributed by atoms with Crippen LogP contribution in [0.4, 0.5) is 4.79 Å². The van der Waals surface area contributed by atoms with Crippen molar-refractivity contribution in [2.75, 3.05) is 13.2 Å². The monoisotopic (exact) mass is 272 g/mol. The number of carbonyl (C=O) groups excluding carboxylic acids is 1. The van der Waals surface area contributed by atoms with Crippen LogP contribution in [-0.4, -0.2) is 41.9 Å². The Kier molecular flexibility index (Phi) is 4.79. The first kappa shape index (κ1) is 15.8. The molecule has 1 saturated heterocycles. The van der Waals surface area contributed by atoms with E-state index >= 15 is 0 Å². The number of amides is 2. The van der Waals surface area contributed by atoms with E-state index in [1.54, 1.807) is 20.8 Å². The lowest BCUT2D eigenvalue weighted by Crippen LogP contribution is -2.54. The SMILES string of the molecule is CC1(CNC(=O)N[C@H](C(=O)O)C(C)(C)C)CCCO1. The molecule has 0 spiro atoms. The van der Waals surface area contributed by atoms with Gasteiger partial charge in [-0.3, -0.25) is 0 Å². The van der Waals surface area contributed by atoms with Crippen LogP contribution in [0.25, 0.3) is 0 Å². The largest absolute Gasteiger partial charge is 0.480 e. The van der Waals surface area contributed by atoms with Crippen LogP contribution in [0.1, 0.15) is 40.5 Å². The number of carboxylic acids is 1. The quantitative estimate of drug-likeness (QED) is 0.721. The Labute approximate surface area is 113 Å². The zero-order chi connectivity index (χ0) is 14.7. The summed E-state index contributed by atoms with van der Waals surface area (Å²) in [6.07, 6.45) is 1.88. The van der Waals surface area contributed by atoms with Crippen LogP contribution in [0.2, 0.25) is 0 Å². The highest BCUT2D eigenvalue weighted by Gasteiger charge is 2.34. The van der Waals surface area contributed by atoms with Gasteiger partial charge in [-0.2, -0.15) is 0 Å². The topological polar surface area (TPSA) is 87.7 Å². The Morgan fingerprint density at radius 1 is 1.42 bits per heavy atom. The molecule has 1 aliphatic heterocycles. The summed E-state index contributed by atoms with van der Waals surface area (Å²) in [5, 5.41) is 14.3. The molecular formula is C13H24N2O4. The second kappa shape index (κ2) is 5.77. The summed E-state index contributed by atoms with van der Waals surface area (Å²) in [7, 11) is 0. The molecule has 0 aromatic rings. The Hall–Kier alpha value is -1.30. The number of ether oxygens (including phenoxy) is 1. The number of nitrogens with one attached hydrogen (secondary N) is 2. The van der Waals surface area contributed by atoms with E-state index in [-0.39, 0.29) is 5.60 Å². The highest BCUT2D eigenvalue weighted by atomic mass is 16.5. The number of carboxylic acid groups (broad SMARTS) is 1. The molecule has 6 nitrogen and oxygen atoms in total. The molecule has 6 heteroatoms. The smallest absolute Gasteiger partial charge is 0.326 e. The van der Waals surface area contributed by atoms with Gasteiger partial charge in [0.1, 0.15) is 6.04 Å². The molecule has 0 aromatic heterocycles. The van der Waals surface area contributed by atoms with E-state index < -0.39 is 23.5 Å². The number of hydrogen-bond acceptors (Lipinski definition) is 3. The maximum absolute atomic E-state index is 11.8. The van der Waals surface area contributed by atoms with Crippen LogP contribution in [0.15, 0.2) is 0 Å². The summed E-state index contributed by atoms with van der Waals surface area (Å²) in [6, 6.07) is -1.40. The molecule has 0 saturated carbocycles. The highest BCUT2D eigenvalue weighted by molar-refractivity contribution is 5.83. The number of aliphatic carboxylic acids is 1. The van der Waals surface area contributed by atoms with E-state index in [1.165, 1.54) is 0 Å². The molecule has 3 N–H and O–H groups in total. The van der Waals surface area contributed by atoms with Crippen molar-refractivity contribution in [2.24, 2.45) is 5.41 Å². The number of carbonyl (C=O) groups is 2. The minimum Gasteiger partial charge on any atom is -0.480 e. The molecule has 0 radical (unpaired) electrons. The average molecular weight is 272 g/mol. The first-order valence-corrected chi connectivity index (χ1v) is 6.55. The van der Waals surface area contributed by atoms with Gasteiger partial charge in [-0.15, -0.1) is 0 Å². The first-order chi connectivity index (χ1) is 8.64. The number of rotatable bonds is 4. The minimum absolute atomic E-state index is 0.336. The van der Waals surface area contributed by atoms with Gasteiger partial charge < -0.3 is 20.5 Å². The summed E-state index contributed by atoms with van der Waals surface area (Å²) >= 11 is 0. The maximum Gasteiger partial charge on any atom is 0.326 e. The zero-order valence-electron chi connectivity index (χ0n) is 12.1. The van der Waals surface area contributed by atoms with E-state index in [1.807, 2.05) is 6.92 Å². The van der Waals surface area contributed by atoms with Crippen LogP contribution in [0.5, 0.6) is 0 Å². The van der Waals surface area contributed by atoms with Gasteiger partial charge in [0.25, 0.3) is 0 Å². The van der Waals surface area contributed by atoms with E-state index in [9.17, 15) is 9.59 Å². The third-order valence-corrected chi connectivity index (χ3v) is 3.31.